The summed E-state index contributed by atoms with van der Waals surface area (Å²) < 4.78 is 4.92. The number of anilines is 1. The first-order chi connectivity index (χ1) is 12.7. The second-order valence-corrected chi connectivity index (χ2v) is 6.82. The molecule has 0 saturated carbocycles. The van der Waals surface area contributed by atoms with Crippen LogP contribution >= 0.6 is 11.3 Å². The standard InChI is InChI=1S/C16H20N6O3S/c1-25-7-5-19-14(23)10-22-6-2-11-13(9-22)26-16(20-11)21-15(24)12-8-17-3-4-18-12/h3-4,8H,2,5-7,9-10H2,1H3,(H,19,23)(H,20,21,24). The smallest absolute Gasteiger partial charge is 0.277 e. The molecule has 3 rings (SSSR count). The van der Waals surface area contributed by atoms with Crippen molar-refractivity contribution < 1.29 is 14.3 Å². The lowest BCUT2D eigenvalue weighted by Gasteiger charge is -2.25. The molecule has 1 aliphatic heterocycles. The van der Waals surface area contributed by atoms with E-state index in [2.05, 4.69) is 30.5 Å². The van der Waals surface area contributed by atoms with Crippen molar-refractivity contribution in [1.82, 2.24) is 25.2 Å². The SMILES string of the molecule is COCCNC(=O)CN1CCc2nc(NC(=O)c3cnccn3)sc2C1. The van der Waals surface area contributed by atoms with Crippen LogP contribution < -0.4 is 10.6 Å². The molecule has 0 spiro atoms. The molecule has 2 aromatic rings. The number of ether oxygens (including phenoxy) is 1. The van der Waals surface area contributed by atoms with Gasteiger partial charge in [0.1, 0.15) is 5.69 Å². The summed E-state index contributed by atoms with van der Waals surface area (Å²) in [5, 5.41) is 6.12. The average molecular weight is 376 g/mol. The van der Waals surface area contributed by atoms with E-state index in [1.807, 2.05) is 0 Å². The maximum Gasteiger partial charge on any atom is 0.277 e. The van der Waals surface area contributed by atoms with Crippen molar-refractivity contribution in [2.45, 2.75) is 13.0 Å². The molecule has 0 aromatic carbocycles. The van der Waals surface area contributed by atoms with Gasteiger partial charge in [-0.2, -0.15) is 0 Å². The summed E-state index contributed by atoms with van der Waals surface area (Å²) in [7, 11) is 1.60. The highest BCUT2D eigenvalue weighted by Crippen LogP contribution is 2.28. The summed E-state index contributed by atoms with van der Waals surface area (Å²) in [5.41, 5.74) is 1.22. The number of fused-ring (bicyclic) bond motifs is 1. The maximum absolute atomic E-state index is 12.1. The van der Waals surface area contributed by atoms with Gasteiger partial charge < -0.3 is 10.1 Å². The van der Waals surface area contributed by atoms with Gasteiger partial charge in [0.05, 0.1) is 25.0 Å². The number of carbonyl (C=O) groups is 2. The van der Waals surface area contributed by atoms with E-state index in [0.717, 1.165) is 23.5 Å². The van der Waals surface area contributed by atoms with Gasteiger partial charge in [0, 0.05) is 50.4 Å². The normalized spacial score (nSPS) is 13.9. The highest BCUT2D eigenvalue weighted by atomic mass is 32.1. The number of hydrogen-bond acceptors (Lipinski definition) is 8. The summed E-state index contributed by atoms with van der Waals surface area (Å²) in [6, 6.07) is 0. The second-order valence-electron chi connectivity index (χ2n) is 5.74. The number of nitrogens with one attached hydrogen (secondary N) is 2. The van der Waals surface area contributed by atoms with E-state index >= 15 is 0 Å². The molecule has 0 atom stereocenters. The van der Waals surface area contributed by atoms with Gasteiger partial charge >= 0.3 is 0 Å². The minimum absolute atomic E-state index is 0.0220. The molecule has 0 saturated heterocycles. The molecular weight excluding hydrogens is 356 g/mol. The molecule has 2 amide bonds. The van der Waals surface area contributed by atoms with Gasteiger partial charge in [-0.15, -0.1) is 11.3 Å². The Morgan fingerprint density at radius 3 is 3.04 bits per heavy atom. The van der Waals surface area contributed by atoms with Gasteiger partial charge in [-0.3, -0.25) is 24.8 Å². The van der Waals surface area contributed by atoms with Crippen molar-refractivity contribution in [3.05, 3.63) is 34.9 Å². The van der Waals surface area contributed by atoms with Crippen LogP contribution in [0.2, 0.25) is 0 Å². The third-order valence-corrected chi connectivity index (χ3v) is 4.82. The van der Waals surface area contributed by atoms with E-state index in [-0.39, 0.29) is 17.5 Å². The van der Waals surface area contributed by atoms with Crippen LogP contribution in [0, 0.1) is 0 Å². The van der Waals surface area contributed by atoms with Gasteiger partial charge in [-0.05, 0) is 0 Å². The van der Waals surface area contributed by atoms with Crippen LogP contribution in [-0.2, 0) is 22.5 Å². The van der Waals surface area contributed by atoms with Crippen LogP contribution in [0.1, 0.15) is 21.1 Å². The van der Waals surface area contributed by atoms with Crippen molar-refractivity contribution >= 4 is 28.3 Å². The zero-order valence-corrected chi connectivity index (χ0v) is 15.2. The van der Waals surface area contributed by atoms with E-state index < -0.39 is 0 Å². The first kappa shape index (κ1) is 18.4. The summed E-state index contributed by atoms with van der Waals surface area (Å²) in [6.45, 7) is 2.74. The Morgan fingerprint density at radius 1 is 1.38 bits per heavy atom. The van der Waals surface area contributed by atoms with E-state index in [9.17, 15) is 9.59 Å². The molecule has 0 aliphatic carbocycles. The Labute approximate surface area is 154 Å². The number of aromatic nitrogens is 3. The van der Waals surface area contributed by atoms with Gasteiger partial charge in [0.2, 0.25) is 5.91 Å². The molecule has 2 N–H and O–H groups in total. The number of nitrogens with zero attached hydrogens (tertiary/aromatic N) is 4. The molecule has 0 radical (unpaired) electrons. The van der Waals surface area contributed by atoms with Gasteiger partial charge in [-0.1, -0.05) is 0 Å². The van der Waals surface area contributed by atoms with Crippen LogP contribution in [0.3, 0.4) is 0 Å². The minimum Gasteiger partial charge on any atom is -0.383 e. The highest BCUT2D eigenvalue weighted by molar-refractivity contribution is 7.15. The van der Waals surface area contributed by atoms with E-state index in [1.165, 1.54) is 29.9 Å². The van der Waals surface area contributed by atoms with Crippen LogP contribution in [-0.4, -0.2) is 65.0 Å². The number of carbonyl (C=O) groups excluding carboxylic acids is 2. The average Bonchev–Trinajstić information content (AvgIpc) is 3.04. The number of hydrogen-bond donors (Lipinski definition) is 2. The topological polar surface area (TPSA) is 109 Å². The lowest BCUT2D eigenvalue weighted by atomic mass is 10.2. The van der Waals surface area contributed by atoms with Crippen molar-refractivity contribution in [2.75, 3.05) is 38.7 Å². The molecule has 138 valence electrons. The van der Waals surface area contributed by atoms with E-state index in [4.69, 9.17) is 4.74 Å². The number of thiazole rings is 1. The molecule has 0 fully saturated rings. The molecule has 0 bridgehead atoms. The van der Waals surface area contributed by atoms with Crippen molar-refractivity contribution in [3.8, 4) is 0 Å². The predicted octanol–water partition coefficient (Wildman–Crippen LogP) is 0.306. The fourth-order valence-corrected chi connectivity index (χ4v) is 3.61. The molecular formula is C16H20N6O3S. The third kappa shape index (κ3) is 4.81. The number of rotatable bonds is 7. The molecule has 26 heavy (non-hydrogen) atoms. The highest BCUT2D eigenvalue weighted by Gasteiger charge is 2.23. The molecule has 2 aromatic heterocycles. The fourth-order valence-electron chi connectivity index (χ4n) is 2.57. The lowest BCUT2D eigenvalue weighted by Crippen LogP contribution is -2.40. The zero-order chi connectivity index (χ0) is 18.4. The van der Waals surface area contributed by atoms with Crippen LogP contribution in [0.15, 0.2) is 18.6 Å². The van der Waals surface area contributed by atoms with Gasteiger partial charge in [0.15, 0.2) is 5.13 Å². The largest absolute Gasteiger partial charge is 0.383 e. The first-order valence-corrected chi connectivity index (χ1v) is 9.01. The maximum atomic E-state index is 12.1. The molecule has 1 aliphatic rings. The molecule has 3 heterocycles. The molecule has 9 nitrogen and oxygen atoms in total. The Morgan fingerprint density at radius 2 is 2.27 bits per heavy atom. The predicted molar refractivity (Wildman–Crippen MR) is 96.0 cm³/mol. The van der Waals surface area contributed by atoms with Crippen LogP contribution in [0.25, 0.3) is 0 Å². The number of methoxy groups -OCH3 is 1. The van der Waals surface area contributed by atoms with Crippen LogP contribution in [0.4, 0.5) is 5.13 Å². The molecule has 10 heteroatoms. The summed E-state index contributed by atoms with van der Waals surface area (Å²) in [5.74, 6) is -0.357. The lowest BCUT2D eigenvalue weighted by molar-refractivity contribution is -0.122. The first-order valence-electron chi connectivity index (χ1n) is 8.19. The van der Waals surface area contributed by atoms with Crippen molar-refractivity contribution in [3.63, 3.8) is 0 Å². The Bertz CT molecular complexity index is 767. The van der Waals surface area contributed by atoms with Crippen molar-refractivity contribution in [2.24, 2.45) is 0 Å². The van der Waals surface area contributed by atoms with Crippen molar-refractivity contribution in [1.29, 1.82) is 0 Å². The minimum atomic E-state index is -0.335. The zero-order valence-electron chi connectivity index (χ0n) is 14.4. The summed E-state index contributed by atoms with van der Waals surface area (Å²) >= 11 is 1.43. The van der Waals surface area contributed by atoms with Gasteiger partial charge in [0.25, 0.3) is 5.91 Å². The third-order valence-electron chi connectivity index (χ3n) is 3.82. The van der Waals surface area contributed by atoms with Crippen LogP contribution in [0.5, 0.6) is 0 Å². The summed E-state index contributed by atoms with van der Waals surface area (Å²) in [6.07, 6.45) is 5.14. The Kier molecular flexibility index (Phi) is 6.21. The second kappa shape index (κ2) is 8.79. The summed E-state index contributed by atoms with van der Waals surface area (Å²) in [4.78, 5) is 39.5. The Hall–Kier alpha value is -2.43. The van der Waals surface area contributed by atoms with E-state index in [1.54, 1.807) is 7.11 Å². The van der Waals surface area contributed by atoms with Gasteiger partial charge in [-0.25, -0.2) is 9.97 Å². The fraction of sp³-hybridized carbons (Fsp3) is 0.438. The molecule has 0 unspecified atom stereocenters. The Balaban J connectivity index is 1.55. The number of amides is 2. The quantitative estimate of drug-likeness (QED) is 0.669. The monoisotopic (exact) mass is 376 g/mol. The van der Waals surface area contributed by atoms with E-state index in [0.29, 0.717) is 31.4 Å².